The van der Waals surface area contributed by atoms with E-state index < -0.39 is 5.41 Å². The second kappa shape index (κ2) is 5.17. The molecule has 0 spiro atoms. The van der Waals surface area contributed by atoms with Crippen LogP contribution in [-0.2, 0) is 4.79 Å². The number of amides is 1. The molecule has 3 heteroatoms. The summed E-state index contributed by atoms with van der Waals surface area (Å²) >= 11 is 0. The molecule has 0 saturated carbocycles. The van der Waals surface area contributed by atoms with Gasteiger partial charge in [0.15, 0.2) is 0 Å². The second-order valence-corrected chi connectivity index (χ2v) is 6.08. The molecule has 2 unspecified atom stereocenters. The van der Waals surface area contributed by atoms with Crippen LogP contribution in [0.15, 0.2) is 0 Å². The topological polar surface area (TPSA) is 46.3 Å². The fourth-order valence-corrected chi connectivity index (χ4v) is 1.57. The van der Waals surface area contributed by atoms with E-state index in [1.165, 1.54) is 0 Å². The maximum Gasteiger partial charge on any atom is 0.229 e. The molecule has 16 heavy (non-hydrogen) atoms. The monoisotopic (exact) mass is 228 g/mol. The first-order valence-corrected chi connectivity index (χ1v) is 6.07. The van der Waals surface area contributed by atoms with Crippen molar-refractivity contribution in [1.29, 1.82) is 0 Å². The van der Waals surface area contributed by atoms with Crippen LogP contribution in [-0.4, -0.2) is 30.4 Å². The number of hydrogen-bond donors (Lipinski definition) is 1. The van der Waals surface area contributed by atoms with Gasteiger partial charge in [-0.1, -0.05) is 27.7 Å². The summed E-state index contributed by atoms with van der Waals surface area (Å²) in [6.07, 6.45) is 0.781. The van der Waals surface area contributed by atoms with Gasteiger partial charge in [-0.05, 0) is 25.7 Å². The summed E-state index contributed by atoms with van der Waals surface area (Å²) in [4.78, 5) is 14.2. The van der Waals surface area contributed by atoms with Crippen LogP contribution in [0.1, 0.15) is 48.0 Å². The van der Waals surface area contributed by atoms with E-state index in [4.69, 9.17) is 5.73 Å². The third kappa shape index (κ3) is 3.21. The summed E-state index contributed by atoms with van der Waals surface area (Å²) in [7, 11) is 1.88. The number of rotatable bonds is 4. The standard InChI is InChI=1S/C13H28N2O/c1-8-13(6,9-14)11(16)15(7)10(2)12(3,4)5/h10H,8-9,14H2,1-7H3. The fraction of sp³-hybridized carbons (Fsp3) is 0.923. The number of hydrogen-bond acceptors (Lipinski definition) is 2. The molecule has 2 N–H and O–H groups in total. The molecule has 0 rings (SSSR count). The minimum absolute atomic E-state index is 0.0909. The van der Waals surface area contributed by atoms with Crippen molar-refractivity contribution in [2.45, 2.75) is 54.0 Å². The maximum absolute atomic E-state index is 12.4. The molecule has 0 fully saturated rings. The Bertz CT molecular complexity index is 239. The molecule has 0 aromatic heterocycles. The number of nitrogens with two attached hydrogens (primary N) is 1. The van der Waals surface area contributed by atoms with E-state index in [0.29, 0.717) is 6.54 Å². The van der Waals surface area contributed by atoms with Gasteiger partial charge in [-0.15, -0.1) is 0 Å². The normalized spacial score (nSPS) is 17.8. The second-order valence-electron chi connectivity index (χ2n) is 6.08. The summed E-state index contributed by atoms with van der Waals surface area (Å²) in [6, 6.07) is 0.206. The van der Waals surface area contributed by atoms with Gasteiger partial charge < -0.3 is 10.6 Å². The van der Waals surface area contributed by atoms with E-state index in [-0.39, 0.29) is 17.4 Å². The van der Waals surface area contributed by atoms with Gasteiger partial charge in [0.25, 0.3) is 0 Å². The highest BCUT2D eigenvalue weighted by molar-refractivity contribution is 5.82. The van der Waals surface area contributed by atoms with Crippen molar-refractivity contribution < 1.29 is 4.79 Å². The molecule has 96 valence electrons. The molecular weight excluding hydrogens is 200 g/mol. The Hall–Kier alpha value is -0.570. The first-order chi connectivity index (χ1) is 7.10. The molecular formula is C13H28N2O. The van der Waals surface area contributed by atoms with Crippen molar-refractivity contribution >= 4 is 5.91 Å². The largest absolute Gasteiger partial charge is 0.342 e. The lowest BCUT2D eigenvalue weighted by molar-refractivity contribution is -0.143. The van der Waals surface area contributed by atoms with Gasteiger partial charge >= 0.3 is 0 Å². The predicted molar refractivity (Wildman–Crippen MR) is 69.1 cm³/mol. The molecule has 1 amide bonds. The summed E-state index contributed by atoms with van der Waals surface area (Å²) in [5.74, 6) is 0.153. The molecule has 0 heterocycles. The zero-order valence-electron chi connectivity index (χ0n) is 11.9. The Morgan fingerprint density at radius 1 is 1.31 bits per heavy atom. The van der Waals surface area contributed by atoms with Gasteiger partial charge in [0.05, 0.1) is 5.41 Å². The van der Waals surface area contributed by atoms with Crippen LogP contribution in [0.25, 0.3) is 0 Å². The van der Waals surface area contributed by atoms with E-state index >= 15 is 0 Å². The average Bonchev–Trinajstić information content (AvgIpc) is 2.23. The van der Waals surface area contributed by atoms with Gasteiger partial charge in [-0.25, -0.2) is 0 Å². The molecule has 3 nitrogen and oxygen atoms in total. The molecule has 0 aromatic carbocycles. The van der Waals surface area contributed by atoms with E-state index in [2.05, 4.69) is 27.7 Å². The van der Waals surface area contributed by atoms with Gasteiger partial charge in [0.1, 0.15) is 0 Å². The quantitative estimate of drug-likeness (QED) is 0.802. The van der Waals surface area contributed by atoms with Crippen LogP contribution in [0.4, 0.5) is 0 Å². The zero-order valence-corrected chi connectivity index (χ0v) is 11.9. The third-order valence-corrected chi connectivity index (χ3v) is 3.90. The molecule has 0 aliphatic heterocycles. The Balaban J connectivity index is 4.87. The first kappa shape index (κ1) is 15.4. The summed E-state index contributed by atoms with van der Waals surface area (Å²) in [5, 5.41) is 0. The highest BCUT2D eigenvalue weighted by Crippen LogP contribution is 2.28. The van der Waals surface area contributed by atoms with Crippen LogP contribution < -0.4 is 5.73 Å². The maximum atomic E-state index is 12.4. The highest BCUT2D eigenvalue weighted by atomic mass is 16.2. The lowest BCUT2D eigenvalue weighted by Gasteiger charge is -2.40. The molecule has 0 aliphatic carbocycles. The number of nitrogens with zero attached hydrogens (tertiary/aromatic N) is 1. The van der Waals surface area contributed by atoms with E-state index in [1.54, 1.807) is 0 Å². The van der Waals surface area contributed by atoms with E-state index in [9.17, 15) is 4.79 Å². The molecule has 2 atom stereocenters. The zero-order chi connectivity index (χ0) is 13.1. The van der Waals surface area contributed by atoms with Crippen molar-refractivity contribution in [2.24, 2.45) is 16.6 Å². The van der Waals surface area contributed by atoms with Gasteiger partial charge in [-0.3, -0.25) is 4.79 Å². The van der Waals surface area contributed by atoms with Gasteiger partial charge in [0, 0.05) is 19.6 Å². The SMILES string of the molecule is CCC(C)(CN)C(=O)N(C)C(C)C(C)(C)C. The molecule has 0 radical (unpaired) electrons. The minimum atomic E-state index is -0.422. The summed E-state index contributed by atoms with van der Waals surface area (Å²) < 4.78 is 0. The Morgan fingerprint density at radius 3 is 2.00 bits per heavy atom. The number of carbonyl (C=O) groups excluding carboxylic acids is 1. The molecule has 0 aromatic rings. The Kier molecular flexibility index (Phi) is 4.99. The number of carbonyl (C=O) groups is 1. The molecule has 0 bridgehead atoms. The third-order valence-electron chi connectivity index (χ3n) is 3.90. The van der Waals surface area contributed by atoms with E-state index in [0.717, 1.165) is 6.42 Å². The summed E-state index contributed by atoms with van der Waals surface area (Å²) in [5.41, 5.74) is 5.39. The summed E-state index contributed by atoms with van der Waals surface area (Å²) in [6.45, 7) is 12.9. The van der Waals surface area contributed by atoms with Crippen LogP contribution in [0, 0.1) is 10.8 Å². The Morgan fingerprint density at radius 2 is 1.75 bits per heavy atom. The van der Waals surface area contributed by atoms with Crippen molar-refractivity contribution in [3.05, 3.63) is 0 Å². The van der Waals surface area contributed by atoms with Crippen LogP contribution in [0.5, 0.6) is 0 Å². The van der Waals surface area contributed by atoms with Crippen LogP contribution in [0.2, 0.25) is 0 Å². The van der Waals surface area contributed by atoms with Crippen molar-refractivity contribution in [1.82, 2.24) is 4.90 Å². The van der Waals surface area contributed by atoms with Crippen LogP contribution in [0.3, 0.4) is 0 Å². The lowest BCUT2D eigenvalue weighted by atomic mass is 9.82. The van der Waals surface area contributed by atoms with Crippen molar-refractivity contribution in [3.63, 3.8) is 0 Å². The molecule has 0 aliphatic rings. The molecule has 0 saturated heterocycles. The van der Waals surface area contributed by atoms with E-state index in [1.807, 2.05) is 25.8 Å². The Labute approximate surface area is 100 Å². The van der Waals surface area contributed by atoms with Crippen molar-refractivity contribution in [2.75, 3.05) is 13.6 Å². The highest BCUT2D eigenvalue weighted by Gasteiger charge is 2.36. The van der Waals surface area contributed by atoms with Crippen LogP contribution >= 0.6 is 0 Å². The lowest BCUT2D eigenvalue weighted by Crippen LogP contribution is -2.51. The predicted octanol–water partition coefficient (Wildman–Crippen LogP) is 2.25. The van der Waals surface area contributed by atoms with Gasteiger partial charge in [-0.2, -0.15) is 0 Å². The smallest absolute Gasteiger partial charge is 0.229 e. The average molecular weight is 228 g/mol. The van der Waals surface area contributed by atoms with Gasteiger partial charge in [0.2, 0.25) is 5.91 Å². The minimum Gasteiger partial charge on any atom is -0.342 e. The first-order valence-electron chi connectivity index (χ1n) is 6.07. The fourth-order valence-electron chi connectivity index (χ4n) is 1.57. The van der Waals surface area contributed by atoms with Crippen molar-refractivity contribution in [3.8, 4) is 0 Å².